The van der Waals surface area contributed by atoms with Gasteiger partial charge in [0.25, 0.3) is 0 Å². The Kier molecular flexibility index (Phi) is 6.82. The molecule has 0 aromatic heterocycles. The fourth-order valence-electron chi connectivity index (χ4n) is 3.39. The van der Waals surface area contributed by atoms with E-state index in [0.29, 0.717) is 32.7 Å². The second-order valence-electron chi connectivity index (χ2n) is 6.40. The van der Waals surface area contributed by atoms with E-state index < -0.39 is 16.1 Å². The first-order chi connectivity index (χ1) is 10.9. The molecule has 0 unspecified atom stereocenters. The quantitative estimate of drug-likeness (QED) is 0.699. The first-order valence-corrected chi connectivity index (χ1v) is 10.2. The van der Waals surface area contributed by atoms with E-state index in [9.17, 15) is 13.2 Å². The number of amides is 1. The normalized spacial score (nSPS) is 25.3. The van der Waals surface area contributed by atoms with Crippen molar-refractivity contribution in [2.75, 3.05) is 59.2 Å². The Morgan fingerprint density at radius 1 is 1.09 bits per heavy atom. The van der Waals surface area contributed by atoms with E-state index in [1.807, 2.05) is 4.90 Å². The molecule has 0 radical (unpaired) electrons. The Bertz CT molecular complexity index is 497. The minimum atomic E-state index is -3.33. The van der Waals surface area contributed by atoms with Gasteiger partial charge in [0.1, 0.15) is 6.04 Å². The van der Waals surface area contributed by atoms with Gasteiger partial charge in [-0.3, -0.25) is 9.69 Å². The largest absolute Gasteiger partial charge is 0.383 e. The summed E-state index contributed by atoms with van der Waals surface area (Å²) in [4.78, 5) is 17.0. The van der Waals surface area contributed by atoms with Crippen LogP contribution in [0.3, 0.4) is 0 Å². The lowest BCUT2D eigenvalue weighted by Gasteiger charge is -2.35. The summed E-state index contributed by atoms with van der Waals surface area (Å²) in [6, 6.07) is -0.510. The SMILES string of the molecule is COCCN1CCCN(C(=O)[C@H]2CCCCN2S(C)(=O)=O)CC1. The van der Waals surface area contributed by atoms with Gasteiger partial charge < -0.3 is 9.64 Å². The second-order valence-corrected chi connectivity index (χ2v) is 8.33. The molecule has 2 aliphatic heterocycles. The van der Waals surface area contributed by atoms with Crippen molar-refractivity contribution in [1.82, 2.24) is 14.1 Å². The molecule has 0 N–H and O–H groups in total. The predicted octanol–water partition coefficient (Wildman–Crippen LogP) is -0.0188. The lowest BCUT2D eigenvalue weighted by molar-refractivity contribution is -0.136. The van der Waals surface area contributed by atoms with Gasteiger partial charge in [0, 0.05) is 39.8 Å². The Labute approximate surface area is 139 Å². The van der Waals surface area contributed by atoms with Crippen molar-refractivity contribution in [3.8, 4) is 0 Å². The molecule has 0 aliphatic carbocycles. The zero-order valence-corrected chi connectivity index (χ0v) is 15.1. The Morgan fingerprint density at radius 3 is 2.57 bits per heavy atom. The zero-order chi connectivity index (χ0) is 16.9. The van der Waals surface area contributed by atoms with Gasteiger partial charge in [-0.2, -0.15) is 4.31 Å². The molecular weight excluding hydrogens is 318 g/mol. The number of rotatable bonds is 5. The van der Waals surface area contributed by atoms with Crippen LogP contribution in [0.5, 0.6) is 0 Å². The number of methoxy groups -OCH3 is 1. The summed E-state index contributed by atoms with van der Waals surface area (Å²) in [5.41, 5.74) is 0. The number of hydrogen-bond donors (Lipinski definition) is 0. The van der Waals surface area contributed by atoms with Gasteiger partial charge in [0.15, 0.2) is 0 Å². The van der Waals surface area contributed by atoms with Crippen LogP contribution in [0.2, 0.25) is 0 Å². The van der Waals surface area contributed by atoms with Crippen LogP contribution >= 0.6 is 0 Å². The fourth-order valence-corrected chi connectivity index (χ4v) is 4.51. The maximum absolute atomic E-state index is 12.9. The fraction of sp³-hybridized carbons (Fsp3) is 0.933. The van der Waals surface area contributed by atoms with Crippen LogP contribution in [0.1, 0.15) is 25.7 Å². The molecule has 7 nitrogen and oxygen atoms in total. The van der Waals surface area contributed by atoms with Crippen LogP contribution < -0.4 is 0 Å². The third-order valence-electron chi connectivity index (χ3n) is 4.68. The number of carbonyl (C=O) groups excluding carboxylic acids is 1. The van der Waals surface area contributed by atoms with E-state index in [2.05, 4.69) is 4.90 Å². The maximum atomic E-state index is 12.9. The zero-order valence-electron chi connectivity index (χ0n) is 14.2. The molecule has 8 heteroatoms. The molecule has 2 rings (SSSR count). The summed E-state index contributed by atoms with van der Waals surface area (Å²) in [5.74, 6) is -0.0243. The van der Waals surface area contributed by atoms with E-state index in [1.165, 1.54) is 10.6 Å². The van der Waals surface area contributed by atoms with Gasteiger partial charge in [-0.05, 0) is 25.8 Å². The van der Waals surface area contributed by atoms with E-state index in [4.69, 9.17) is 4.74 Å². The van der Waals surface area contributed by atoms with Gasteiger partial charge >= 0.3 is 0 Å². The predicted molar refractivity (Wildman–Crippen MR) is 88.7 cm³/mol. The Morgan fingerprint density at radius 2 is 1.87 bits per heavy atom. The van der Waals surface area contributed by atoms with Crippen LogP contribution in [-0.2, 0) is 19.6 Å². The molecule has 2 aliphatic rings. The van der Waals surface area contributed by atoms with Crippen molar-refractivity contribution in [2.24, 2.45) is 0 Å². The van der Waals surface area contributed by atoms with Gasteiger partial charge in [-0.15, -0.1) is 0 Å². The molecular formula is C15H29N3O4S. The van der Waals surface area contributed by atoms with E-state index >= 15 is 0 Å². The molecule has 2 saturated heterocycles. The lowest BCUT2D eigenvalue weighted by atomic mass is 10.0. The van der Waals surface area contributed by atoms with Crippen LogP contribution in [0, 0.1) is 0 Å². The summed E-state index contributed by atoms with van der Waals surface area (Å²) < 4.78 is 30.4. The average Bonchev–Trinajstić information content (AvgIpc) is 2.77. The summed E-state index contributed by atoms with van der Waals surface area (Å²) in [5, 5.41) is 0. The van der Waals surface area contributed by atoms with Gasteiger partial charge in [-0.1, -0.05) is 6.42 Å². The Hall–Kier alpha value is -0.700. The number of hydrogen-bond acceptors (Lipinski definition) is 5. The van der Waals surface area contributed by atoms with Crippen molar-refractivity contribution >= 4 is 15.9 Å². The van der Waals surface area contributed by atoms with Crippen LogP contribution in [0.4, 0.5) is 0 Å². The van der Waals surface area contributed by atoms with Crippen molar-refractivity contribution < 1.29 is 17.9 Å². The number of ether oxygens (including phenoxy) is 1. The van der Waals surface area contributed by atoms with Crippen molar-refractivity contribution in [3.63, 3.8) is 0 Å². The number of carbonyl (C=O) groups is 1. The van der Waals surface area contributed by atoms with E-state index in [0.717, 1.165) is 38.9 Å². The number of piperidine rings is 1. The van der Waals surface area contributed by atoms with Crippen LogP contribution in [-0.4, -0.2) is 93.7 Å². The smallest absolute Gasteiger partial charge is 0.241 e. The highest BCUT2D eigenvalue weighted by molar-refractivity contribution is 7.88. The van der Waals surface area contributed by atoms with Crippen LogP contribution in [0.25, 0.3) is 0 Å². The number of sulfonamides is 1. The summed E-state index contributed by atoms with van der Waals surface area (Å²) >= 11 is 0. The molecule has 134 valence electrons. The highest BCUT2D eigenvalue weighted by atomic mass is 32.2. The third-order valence-corrected chi connectivity index (χ3v) is 5.97. The molecule has 1 atom stereocenters. The van der Waals surface area contributed by atoms with Gasteiger partial charge in [-0.25, -0.2) is 8.42 Å². The minimum absolute atomic E-state index is 0.0243. The van der Waals surface area contributed by atoms with Gasteiger partial charge in [0.2, 0.25) is 15.9 Å². The molecule has 2 heterocycles. The first kappa shape index (κ1) is 18.6. The molecule has 0 spiro atoms. The van der Waals surface area contributed by atoms with E-state index in [1.54, 1.807) is 7.11 Å². The monoisotopic (exact) mass is 347 g/mol. The Balaban J connectivity index is 1.98. The molecule has 23 heavy (non-hydrogen) atoms. The topological polar surface area (TPSA) is 70.2 Å². The first-order valence-electron chi connectivity index (χ1n) is 8.40. The summed E-state index contributed by atoms with van der Waals surface area (Å²) in [7, 11) is -1.64. The number of nitrogens with zero attached hydrogens (tertiary/aromatic N) is 3. The molecule has 0 bridgehead atoms. The summed E-state index contributed by atoms with van der Waals surface area (Å²) in [6.07, 6.45) is 4.50. The van der Waals surface area contributed by atoms with Crippen molar-refractivity contribution in [3.05, 3.63) is 0 Å². The second kappa shape index (κ2) is 8.41. The maximum Gasteiger partial charge on any atom is 0.241 e. The van der Waals surface area contributed by atoms with E-state index in [-0.39, 0.29) is 5.91 Å². The molecule has 0 aromatic rings. The molecule has 0 aromatic carbocycles. The minimum Gasteiger partial charge on any atom is -0.383 e. The third kappa shape index (κ3) is 5.14. The molecule has 1 amide bonds. The summed E-state index contributed by atoms with van der Waals surface area (Å²) in [6.45, 7) is 5.17. The van der Waals surface area contributed by atoms with Crippen molar-refractivity contribution in [2.45, 2.75) is 31.7 Å². The van der Waals surface area contributed by atoms with Gasteiger partial charge in [0.05, 0.1) is 12.9 Å². The van der Waals surface area contributed by atoms with Crippen LogP contribution in [0.15, 0.2) is 0 Å². The van der Waals surface area contributed by atoms with Crippen molar-refractivity contribution in [1.29, 1.82) is 0 Å². The standard InChI is InChI=1S/C15H29N3O4S/c1-22-13-12-16-7-5-8-17(11-10-16)15(19)14-6-3-4-9-18(14)23(2,20)21/h14H,3-13H2,1-2H3/t14-/m1/s1. The molecule has 2 fully saturated rings. The highest BCUT2D eigenvalue weighted by Crippen LogP contribution is 2.22. The lowest BCUT2D eigenvalue weighted by Crippen LogP contribution is -2.53. The molecule has 0 saturated carbocycles. The highest BCUT2D eigenvalue weighted by Gasteiger charge is 2.37. The average molecular weight is 347 g/mol.